The Hall–Kier alpha value is -2.91. The number of nitrogens with one attached hydrogen (secondary N) is 2. The number of rotatable bonds is 7. The molecule has 1 aromatic heterocycles. The van der Waals surface area contributed by atoms with Gasteiger partial charge in [-0.15, -0.1) is 0 Å². The predicted octanol–water partition coefficient (Wildman–Crippen LogP) is 1.83. The molecule has 2 unspecified atom stereocenters. The van der Waals surface area contributed by atoms with Gasteiger partial charge in [0.25, 0.3) is 5.91 Å². The predicted molar refractivity (Wildman–Crippen MR) is 123 cm³/mol. The molecule has 1 aromatic carbocycles. The Morgan fingerprint density at radius 2 is 1.85 bits per heavy atom. The van der Waals surface area contributed by atoms with Crippen molar-refractivity contribution in [2.24, 2.45) is 11.8 Å². The van der Waals surface area contributed by atoms with Crippen molar-refractivity contribution < 1.29 is 22.8 Å². The van der Waals surface area contributed by atoms with Gasteiger partial charge in [0.15, 0.2) is 5.78 Å². The van der Waals surface area contributed by atoms with Gasteiger partial charge in [-0.2, -0.15) is 0 Å². The molecule has 2 heterocycles. The van der Waals surface area contributed by atoms with Gasteiger partial charge >= 0.3 is 0 Å². The molecule has 3 rings (SSSR count). The maximum absolute atomic E-state index is 13.2. The van der Waals surface area contributed by atoms with Crippen molar-refractivity contribution in [2.75, 3.05) is 6.54 Å². The topological polar surface area (TPSA) is 122 Å². The molecular weight excluding hydrogens is 442 g/mol. The molecule has 9 heteroatoms. The molecule has 2 aromatic rings. The van der Waals surface area contributed by atoms with Gasteiger partial charge < -0.3 is 5.32 Å². The molecule has 0 aliphatic carbocycles. The maximum Gasteiger partial charge on any atom is 0.287 e. The first-order valence-electron chi connectivity index (χ1n) is 11.0. The van der Waals surface area contributed by atoms with Crippen molar-refractivity contribution in [3.05, 3.63) is 59.9 Å². The number of aryl methyl sites for hydroxylation is 1. The van der Waals surface area contributed by atoms with Gasteiger partial charge in [-0.05, 0) is 48.4 Å². The van der Waals surface area contributed by atoms with E-state index in [0.29, 0.717) is 13.0 Å². The average molecular weight is 472 g/mol. The lowest BCUT2D eigenvalue weighted by Gasteiger charge is -2.23. The van der Waals surface area contributed by atoms with Gasteiger partial charge in [-0.1, -0.05) is 38.1 Å². The van der Waals surface area contributed by atoms with E-state index in [1.54, 1.807) is 44.4 Å². The zero-order valence-electron chi connectivity index (χ0n) is 18.8. The molecule has 1 aliphatic heterocycles. The lowest BCUT2D eigenvalue weighted by molar-refractivity contribution is -0.141. The fraction of sp³-hybridized carbons (Fsp3) is 0.417. The van der Waals surface area contributed by atoms with Crippen LogP contribution in [0.5, 0.6) is 0 Å². The first-order chi connectivity index (χ1) is 15.7. The standard InChI is InChI=1S/C24H29N3O5S/c1-16(2)22(27-33(31,32)20-8-4-3-5-9-20)21(28)13-19-12-18-11-17(14-25-15-18)7-6-10-26-24(30)23(19)29/h3-5,8-9,11,14-16,19,22,27H,6-7,10,12-13H2,1-2H3,(H,26,30). The third kappa shape index (κ3) is 6.55. The summed E-state index contributed by atoms with van der Waals surface area (Å²) >= 11 is 0. The summed E-state index contributed by atoms with van der Waals surface area (Å²) in [6, 6.07) is 8.70. The molecule has 2 bridgehead atoms. The lowest BCUT2D eigenvalue weighted by Crippen LogP contribution is -2.46. The molecule has 0 saturated carbocycles. The van der Waals surface area contributed by atoms with Gasteiger partial charge in [0.1, 0.15) is 0 Å². The minimum absolute atomic E-state index is 0.0525. The van der Waals surface area contributed by atoms with Crippen LogP contribution in [0.3, 0.4) is 0 Å². The second-order valence-corrected chi connectivity index (χ2v) is 10.4. The maximum atomic E-state index is 13.2. The number of hydrogen-bond acceptors (Lipinski definition) is 6. The number of ketones is 2. The zero-order valence-corrected chi connectivity index (χ0v) is 19.6. The number of pyridine rings is 1. The third-order valence-corrected chi connectivity index (χ3v) is 7.11. The summed E-state index contributed by atoms with van der Waals surface area (Å²) in [5, 5.41) is 2.62. The monoisotopic (exact) mass is 471 g/mol. The molecule has 1 amide bonds. The highest BCUT2D eigenvalue weighted by Gasteiger charge is 2.34. The van der Waals surface area contributed by atoms with Crippen molar-refractivity contribution in [1.82, 2.24) is 15.0 Å². The first-order valence-corrected chi connectivity index (χ1v) is 12.5. The minimum Gasteiger partial charge on any atom is -0.349 e. The number of hydrogen-bond donors (Lipinski definition) is 2. The first kappa shape index (κ1) is 24.7. The van der Waals surface area contributed by atoms with Crippen LogP contribution in [0.1, 0.15) is 37.8 Å². The Balaban J connectivity index is 1.83. The second kappa shape index (κ2) is 10.8. The van der Waals surface area contributed by atoms with E-state index in [4.69, 9.17) is 0 Å². The summed E-state index contributed by atoms with van der Waals surface area (Å²) in [7, 11) is -3.93. The Morgan fingerprint density at radius 1 is 1.15 bits per heavy atom. The Kier molecular flexibility index (Phi) is 8.10. The number of carbonyl (C=O) groups excluding carboxylic acids is 3. The number of amides is 1. The molecule has 1 aliphatic rings. The van der Waals surface area contributed by atoms with Crippen LogP contribution in [0, 0.1) is 11.8 Å². The third-order valence-electron chi connectivity index (χ3n) is 5.65. The number of sulfonamides is 1. The largest absolute Gasteiger partial charge is 0.349 e. The molecule has 0 fully saturated rings. The lowest BCUT2D eigenvalue weighted by atomic mass is 9.86. The highest BCUT2D eigenvalue weighted by atomic mass is 32.2. The molecule has 176 valence electrons. The number of nitrogens with zero attached hydrogens (tertiary/aromatic N) is 1. The minimum atomic E-state index is -3.93. The van der Waals surface area contributed by atoms with Gasteiger partial charge in [-0.25, -0.2) is 13.1 Å². The quantitative estimate of drug-likeness (QED) is 0.594. The molecule has 8 nitrogen and oxygen atoms in total. The summed E-state index contributed by atoms with van der Waals surface area (Å²) in [6.07, 6.45) is 4.69. The Labute approximate surface area is 194 Å². The van der Waals surface area contributed by atoms with E-state index < -0.39 is 39.5 Å². The van der Waals surface area contributed by atoms with Crippen LogP contribution in [0.2, 0.25) is 0 Å². The number of aromatic nitrogens is 1. The highest BCUT2D eigenvalue weighted by Crippen LogP contribution is 2.20. The molecule has 0 saturated heterocycles. The van der Waals surface area contributed by atoms with E-state index >= 15 is 0 Å². The van der Waals surface area contributed by atoms with Crippen molar-refractivity contribution in [3.8, 4) is 0 Å². The summed E-state index contributed by atoms with van der Waals surface area (Å²) in [6.45, 7) is 3.81. The summed E-state index contributed by atoms with van der Waals surface area (Å²) in [5.41, 5.74) is 1.76. The molecule has 0 spiro atoms. The molecule has 33 heavy (non-hydrogen) atoms. The van der Waals surface area contributed by atoms with Gasteiger partial charge in [-0.3, -0.25) is 19.4 Å². The van der Waals surface area contributed by atoms with Gasteiger partial charge in [0.2, 0.25) is 15.8 Å². The average Bonchev–Trinajstić information content (AvgIpc) is 2.80. The van der Waals surface area contributed by atoms with Gasteiger partial charge in [0.05, 0.1) is 10.9 Å². The van der Waals surface area contributed by atoms with E-state index in [1.165, 1.54) is 12.1 Å². The van der Waals surface area contributed by atoms with Crippen LogP contribution in [-0.4, -0.2) is 43.5 Å². The highest BCUT2D eigenvalue weighted by molar-refractivity contribution is 7.89. The number of fused-ring (bicyclic) bond motifs is 2. The van der Waals surface area contributed by atoms with E-state index in [0.717, 1.165) is 17.5 Å². The van der Waals surface area contributed by atoms with Crippen LogP contribution in [0.25, 0.3) is 0 Å². The second-order valence-electron chi connectivity index (χ2n) is 8.65. The van der Waals surface area contributed by atoms with Crippen LogP contribution < -0.4 is 10.0 Å². The smallest absolute Gasteiger partial charge is 0.287 e. The van der Waals surface area contributed by atoms with E-state index in [1.807, 2.05) is 6.07 Å². The fourth-order valence-electron chi connectivity index (χ4n) is 3.88. The van der Waals surface area contributed by atoms with Crippen molar-refractivity contribution in [2.45, 2.75) is 50.5 Å². The van der Waals surface area contributed by atoms with Gasteiger partial charge in [0, 0.05) is 31.3 Å². The number of benzene rings is 1. The van der Waals surface area contributed by atoms with Crippen LogP contribution in [0.15, 0.2) is 53.7 Å². The molecular formula is C24H29N3O5S. The van der Waals surface area contributed by atoms with E-state index in [2.05, 4.69) is 15.0 Å². The fourth-order valence-corrected chi connectivity index (χ4v) is 5.27. The SMILES string of the molecule is CC(C)C(NS(=O)(=O)c1ccccc1)C(=O)CC1Cc2cncc(c2)CCCNC(=O)C1=O. The van der Waals surface area contributed by atoms with Crippen LogP contribution in [-0.2, 0) is 37.2 Å². The number of carbonyl (C=O) groups is 3. The Bertz CT molecular complexity index is 1120. The normalized spacial score (nSPS) is 18.3. The van der Waals surface area contributed by atoms with Crippen molar-refractivity contribution in [1.29, 1.82) is 0 Å². The number of Topliss-reactive ketones (excluding diaryl/α,β-unsaturated/α-hetero) is 2. The van der Waals surface area contributed by atoms with Crippen molar-refractivity contribution >= 4 is 27.5 Å². The van der Waals surface area contributed by atoms with Crippen LogP contribution >= 0.6 is 0 Å². The Morgan fingerprint density at radius 3 is 2.55 bits per heavy atom. The summed E-state index contributed by atoms with van der Waals surface area (Å²) in [4.78, 5) is 42.8. The van der Waals surface area contributed by atoms with Crippen LogP contribution in [0.4, 0.5) is 0 Å². The van der Waals surface area contributed by atoms with Crippen molar-refractivity contribution in [3.63, 3.8) is 0 Å². The zero-order chi connectivity index (χ0) is 24.0. The van der Waals surface area contributed by atoms with E-state index in [9.17, 15) is 22.8 Å². The molecule has 2 N–H and O–H groups in total. The van der Waals surface area contributed by atoms with E-state index in [-0.39, 0.29) is 23.7 Å². The molecule has 0 radical (unpaired) electrons. The summed E-state index contributed by atoms with van der Waals surface area (Å²) in [5.74, 6) is -3.09. The summed E-state index contributed by atoms with van der Waals surface area (Å²) < 4.78 is 28.1. The molecule has 2 atom stereocenters.